The third-order valence-electron chi connectivity index (χ3n) is 4.02. The number of ether oxygens (including phenoxy) is 1. The lowest BCUT2D eigenvalue weighted by Gasteiger charge is -2.35. The lowest BCUT2D eigenvalue weighted by molar-refractivity contribution is -0.146. The minimum Gasteiger partial charge on any atom is -0.469 e. The highest BCUT2D eigenvalue weighted by molar-refractivity contribution is 7.89. The number of carbonyl (C=O) groups is 1. The summed E-state index contributed by atoms with van der Waals surface area (Å²) in [6.45, 7) is 2.34. The monoisotopic (exact) mass is 290 g/mol. The van der Waals surface area contributed by atoms with E-state index in [-0.39, 0.29) is 5.97 Å². The Morgan fingerprint density at radius 1 is 1.21 bits per heavy atom. The van der Waals surface area contributed by atoms with Crippen molar-refractivity contribution in [2.75, 3.05) is 33.3 Å². The second-order valence-corrected chi connectivity index (χ2v) is 7.30. The average Bonchev–Trinajstić information content (AvgIpc) is 2.47. The number of rotatable bonds is 3. The summed E-state index contributed by atoms with van der Waals surface area (Å²) in [5.41, 5.74) is 0. The van der Waals surface area contributed by atoms with Gasteiger partial charge in [-0.3, -0.25) is 4.79 Å². The van der Waals surface area contributed by atoms with E-state index >= 15 is 0 Å². The molecule has 0 amide bonds. The van der Waals surface area contributed by atoms with Crippen LogP contribution < -0.4 is 5.32 Å². The molecular weight excluding hydrogens is 268 g/mol. The molecule has 6 nitrogen and oxygen atoms in total. The largest absolute Gasteiger partial charge is 0.469 e. The zero-order valence-corrected chi connectivity index (χ0v) is 12.1. The normalized spacial score (nSPS) is 29.9. The lowest BCUT2D eigenvalue weighted by atomic mass is 9.89. The molecule has 1 aliphatic heterocycles. The van der Waals surface area contributed by atoms with Gasteiger partial charge in [-0.1, -0.05) is 12.8 Å². The van der Waals surface area contributed by atoms with E-state index in [2.05, 4.69) is 5.32 Å². The molecule has 1 aliphatic carbocycles. The summed E-state index contributed by atoms with van der Waals surface area (Å²) in [4.78, 5) is 11.8. The van der Waals surface area contributed by atoms with Gasteiger partial charge in [0.1, 0.15) is 0 Å². The Bertz CT molecular complexity index is 417. The summed E-state index contributed by atoms with van der Waals surface area (Å²) in [6.07, 6.45) is 2.94. The van der Waals surface area contributed by atoms with Crippen LogP contribution in [0.4, 0.5) is 0 Å². The van der Waals surface area contributed by atoms with Crippen molar-refractivity contribution in [2.45, 2.75) is 30.9 Å². The Kier molecular flexibility index (Phi) is 4.81. The number of nitrogens with zero attached hydrogens (tertiary/aromatic N) is 1. The molecule has 0 aromatic heterocycles. The van der Waals surface area contributed by atoms with Gasteiger partial charge in [0, 0.05) is 26.2 Å². The van der Waals surface area contributed by atoms with Crippen LogP contribution in [0.3, 0.4) is 0 Å². The highest BCUT2D eigenvalue weighted by Gasteiger charge is 2.43. The second kappa shape index (κ2) is 6.19. The van der Waals surface area contributed by atoms with Crippen LogP contribution in [0.1, 0.15) is 25.7 Å². The highest BCUT2D eigenvalue weighted by atomic mass is 32.2. The highest BCUT2D eigenvalue weighted by Crippen LogP contribution is 2.32. The van der Waals surface area contributed by atoms with Crippen LogP contribution in [0, 0.1) is 5.92 Å². The van der Waals surface area contributed by atoms with Crippen LogP contribution in [0.2, 0.25) is 0 Å². The molecule has 1 saturated heterocycles. The van der Waals surface area contributed by atoms with E-state index in [9.17, 15) is 13.2 Å². The Balaban J connectivity index is 2.18. The molecule has 2 fully saturated rings. The van der Waals surface area contributed by atoms with E-state index in [1.807, 2.05) is 0 Å². The first-order valence-corrected chi connectivity index (χ1v) is 8.35. The summed E-state index contributed by atoms with van der Waals surface area (Å²) in [5.74, 6) is -0.887. The van der Waals surface area contributed by atoms with Crippen molar-refractivity contribution in [3.8, 4) is 0 Å². The van der Waals surface area contributed by atoms with E-state index in [0.29, 0.717) is 39.0 Å². The first kappa shape index (κ1) is 14.7. The van der Waals surface area contributed by atoms with Crippen molar-refractivity contribution >= 4 is 16.0 Å². The molecule has 7 heteroatoms. The summed E-state index contributed by atoms with van der Waals surface area (Å²) >= 11 is 0. The van der Waals surface area contributed by atoms with Crippen molar-refractivity contribution in [2.24, 2.45) is 5.92 Å². The van der Waals surface area contributed by atoms with Crippen molar-refractivity contribution in [3.63, 3.8) is 0 Å². The summed E-state index contributed by atoms with van der Waals surface area (Å²) < 4.78 is 31.6. The molecule has 110 valence electrons. The fourth-order valence-electron chi connectivity index (χ4n) is 2.96. The van der Waals surface area contributed by atoms with Crippen molar-refractivity contribution < 1.29 is 17.9 Å². The van der Waals surface area contributed by atoms with Crippen LogP contribution in [0.25, 0.3) is 0 Å². The maximum atomic E-state index is 12.7. The van der Waals surface area contributed by atoms with E-state index in [1.54, 1.807) is 0 Å². The van der Waals surface area contributed by atoms with Gasteiger partial charge in [0.05, 0.1) is 18.3 Å². The quantitative estimate of drug-likeness (QED) is 0.738. The van der Waals surface area contributed by atoms with Crippen molar-refractivity contribution in [3.05, 3.63) is 0 Å². The zero-order valence-electron chi connectivity index (χ0n) is 11.3. The minimum absolute atomic E-state index is 0.386. The Morgan fingerprint density at radius 3 is 2.47 bits per heavy atom. The molecule has 0 radical (unpaired) electrons. The standard InChI is InChI=1S/C12H22N2O4S/c1-18-12(15)10-4-2-3-5-11(10)19(16,17)14-8-6-13-7-9-14/h10-11,13H,2-9H2,1H3. The van der Waals surface area contributed by atoms with Crippen LogP contribution in [-0.4, -0.2) is 57.2 Å². The number of sulfonamides is 1. The van der Waals surface area contributed by atoms with Gasteiger partial charge in [-0.25, -0.2) is 8.42 Å². The number of carbonyl (C=O) groups excluding carboxylic acids is 1. The SMILES string of the molecule is COC(=O)C1CCCCC1S(=O)(=O)N1CCNCC1. The summed E-state index contributed by atoms with van der Waals surface area (Å²) in [5, 5.41) is 2.53. The van der Waals surface area contributed by atoms with Gasteiger partial charge in [-0.15, -0.1) is 0 Å². The number of hydrogen-bond acceptors (Lipinski definition) is 5. The molecule has 0 bridgehead atoms. The summed E-state index contributed by atoms with van der Waals surface area (Å²) in [7, 11) is -2.07. The molecule has 0 aromatic rings. The first-order chi connectivity index (χ1) is 9.07. The van der Waals surface area contributed by atoms with E-state index < -0.39 is 21.2 Å². The fourth-order valence-corrected chi connectivity index (χ4v) is 5.17. The molecule has 0 aromatic carbocycles. The second-order valence-electron chi connectivity index (χ2n) is 5.15. The van der Waals surface area contributed by atoms with E-state index in [0.717, 1.165) is 12.8 Å². The summed E-state index contributed by atoms with van der Waals surface area (Å²) in [6, 6.07) is 0. The number of methoxy groups -OCH3 is 1. The molecule has 2 atom stereocenters. The van der Waals surface area contributed by atoms with Crippen LogP contribution in [-0.2, 0) is 19.6 Å². The van der Waals surface area contributed by atoms with Crippen LogP contribution in [0.5, 0.6) is 0 Å². The number of hydrogen-bond donors (Lipinski definition) is 1. The average molecular weight is 290 g/mol. The third-order valence-corrected chi connectivity index (χ3v) is 6.44. The van der Waals surface area contributed by atoms with Crippen molar-refractivity contribution in [1.82, 2.24) is 9.62 Å². The maximum absolute atomic E-state index is 12.7. The molecule has 19 heavy (non-hydrogen) atoms. The van der Waals surface area contributed by atoms with Crippen LogP contribution in [0.15, 0.2) is 0 Å². The molecule has 2 aliphatic rings. The minimum atomic E-state index is -3.40. The number of piperazine rings is 1. The van der Waals surface area contributed by atoms with Gasteiger partial charge in [0.15, 0.2) is 0 Å². The Morgan fingerprint density at radius 2 is 1.84 bits per heavy atom. The Hall–Kier alpha value is -0.660. The smallest absolute Gasteiger partial charge is 0.310 e. The number of nitrogens with one attached hydrogen (secondary N) is 1. The fraction of sp³-hybridized carbons (Fsp3) is 0.917. The third kappa shape index (κ3) is 3.09. The lowest BCUT2D eigenvalue weighted by Crippen LogP contribution is -2.52. The molecule has 1 N–H and O–H groups in total. The predicted molar refractivity (Wildman–Crippen MR) is 71.1 cm³/mol. The van der Waals surface area contributed by atoms with Gasteiger partial charge in [0.25, 0.3) is 0 Å². The maximum Gasteiger partial charge on any atom is 0.310 e. The Labute approximate surface area is 114 Å². The van der Waals surface area contributed by atoms with Gasteiger partial charge in [-0.05, 0) is 12.8 Å². The van der Waals surface area contributed by atoms with Gasteiger partial charge in [-0.2, -0.15) is 4.31 Å². The van der Waals surface area contributed by atoms with E-state index in [1.165, 1.54) is 11.4 Å². The van der Waals surface area contributed by atoms with Gasteiger partial charge >= 0.3 is 5.97 Å². The molecule has 0 spiro atoms. The van der Waals surface area contributed by atoms with E-state index in [4.69, 9.17) is 4.74 Å². The predicted octanol–water partition coefficient (Wildman–Crippen LogP) is -0.0468. The van der Waals surface area contributed by atoms with Crippen LogP contribution >= 0.6 is 0 Å². The number of esters is 1. The van der Waals surface area contributed by atoms with Crippen molar-refractivity contribution in [1.29, 1.82) is 0 Å². The molecular formula is C12H22N2O4S. The molecule has 2 unspecified atom stereocenters. The molecule has 1 saturated carbocycles. The van der Waals surface area contributed by atoms with Gasteiger partial charge in [0.2, 0.25) is 10.0 Å². The first-order valence-electron chi connectivity index (χ1n) is 6.85. The molecule has 1 heterocycles. The zero-order chi connectivity index (χ0) is 13.9. The topological polar surface area (TPSA) is 75.7 Å². The van der Waals surface area contributed by atoms with Gasteiger partial charge < -0.3 is 10.1 Å². The molecule has 2 rings (SSSR count).